The van der Waals surface area contributed by atoms with E-state index in [9.17, 15) is 0 Å². The Labute approximate surface area is 587 Å². The van der Waals surface area contributed by atoms with Gasteiger partial charge in [0.1, 0.15) is 44.7 Å². The fraction of sp³-hybridized carbons (Fsp3) is 0. The molecule has 0 saturated heterocycles. The first-order valence-electron chi connectivity index (χ1n) is 33.8. The lowest BCUT2D eigenvalue weighted by molar-refractivity contribution is 0.668. The highest BCUT2D eigenvalue weighted by Crippen LogP contribution is 2.49. The van der Waals surface area contributed by atoms with Gasteiger partial charge in [-0.05, 0) is 113 Å². The van der Waals surface area contributed by atoms with E-state index in [0.717, 1.165) is 132 Å². The molecule has 8 heterocycles. The average molecular weight is 1340 g/mol. The summed E-state index contributed by atoms with van der Waals surface area (Å²) in [6, 6.07) is 101. The van der Waals surface area contributed by atoms with Crippen molar-refractivity contribution in [1.82, 2.24) is 29.9 Å². The van der Waals surface area contributed by atoms with Crippen LogP contribution in [0.3, 0.4) is 0 Å². The summed E-state index contributed by atoms with van der Waals surface area (Å²) in [5, 5.41) is 12.8. The molecule has 0 amide bonds. The molecule has 474 valence electrons. The largest absolute Gasteiger partial charge is 0.456 e. The predicted molar refractivity (Wildman–Crippen MR) is 417 cm³/mol. The molecule has 0 aliphatic carbocycles. The molecule has 0 atom stereocenters. The maximum atomic E-state index is 7.23. The summed E-state index contributed by atoms with van der Waals surface area (Å²) in [6.07, 6.45) is 0. The smallest absolute Gasteiger partial charge is 0.167 e. The Morgan fingerprint density at radius 3 is 1.14 bits per heavy atom. The molecule has 14 aromatic carbocycles. The molecule has 8 aromatic heterocycles. The first-order valence-corrected chi connectivity index (χ1v) is 35.4. The Morgan fingerprint density at radius 1 is 0.186 bits per heavy atom. The molecule has 10 nitrogen and oxygen atoms in total. The summed E-state index contributed by atoms with van der Waals surface area (Å²) in [6.45, 7) is 0. The van der Waals surface area contributed by atoms with Gasteiger partial charge in [-0.1, -0.05) is 206 Å². The van der Waals surface area contributed by atoms with Crippen molar-refractivity contribution in [2.24, 2.45) is 0 Å². The van der Waals surface area contributed by atoms with Crippen LogP contribution in [-0.4, -0.2) is 29.9 Å². The predicted octanol–water partition coefficient (Wildman–Crippen LogP) is 25.4. The van der Waals surface area contributed by atoms with Crippen molar-refractivity contribution in [1.29, 1.82) is 0 Å². The highest BCUT2D eigenvalue weighted by molar-refractivity contribution is 7.26. The molecule has 0 saturated carbocycles. The molecule has 0 unspecified atom stereocenters. The van der Waals surface area contributed by atoms with Crippen LogP contribution in [0.1, 0.15) is 0 Å². The number of hydrogen-bond donors (Lipinski definition) is 0. The van der Waals surface area contributed by atoms with Crippen molar-refractivity contribution in [3.63, 3.8) is 0 Å². The number of rotatable bonds is 9. The van der Waals surface area contributed by atoms with Gasteiger partial charge in [0.2, 0.25) is 0 Å². The van der Waals surface area contributed by atoms with Gasteiger partial charge in [-0.15, -0.1) is 22.7 Å². The van der Waals surface area contributed by atoms with Gasteiger partial charge in [0.25, 0.3) is 0 Å². The molecule has 22 rings (SSSR count). The molecule has 0 spiro atoms. The van der Waals surface area contributed by atoms with Gasteiger partial charge < -0.3 is 17.7 Å². The topological polar surface area (TPSA) is 130 Å². The molecule has 0 bridgehead atoms. The van der Waals surface area contributed by atoms with Crippen molar-refractivity contribution in [2.75, 3.05) is 0 Å². The van der Waals surface area contributed by atoms with Crippen LogP contribution in [0.4, 0.5) is 0 Å². The zero-order chi connectivity index (χ0) is 66.7. The number of thiophene rings is 2. The van der Waals surface area contributed by atoms with Gasteiger partial charge >= 0.3 is 0 Å². The molecule has 0 radical (unpaired) electrons. The zero-order valence-electron chi connectivity index (χ0n) is 53.8. The van der Waals surface area contributed by atoms with E-state index in [1.807, 2.05) is 126 Å². The summed E-state index contributed by atoms with van der Waals surface area (Å²) in [5.41, 5.74) is 17.1. The molecule has 102 heavy (non-hydrogen) atoms. The Hall–Kier alpha value is -13.3. The standard InChI is InChI=1S/C90H48N6O4S2/c1-3-18-49(19-4-1)85-91-87(53-38-41-56-55-22-7-10-35-73(55)97-76(56)46-53)95-88(92-85)67-34-16-28-61-72-47-69(64-31-17-30-63-58-24-9-12-37-79(58)102-84(63)64)68(48-77(72)100-82(61)67)52-40-43-75-71(45-52)60-27-15-33-66(81(60)99-75)90-94-86(50-20-5-2-6-21-50)93-89(96-90)65-32-14-26-59-70-44-51(39-42-74(70)98-80(59)65)54-25-13-29-62-57-23-8-11-36-78(57)101-83(54)62/h1-48H. The number of aromatic nitrogens is 6. The quantitative estimate of drug-likeness (QED) is 0.138. The van der Waals surface area contributed by atoms with Gasteiger partial charge in [0, 0.05) is 106 Å². The molecule has 0 aliphatic heterocycles. The number of fused-ring (bicyclic) bond motifs is 18. The minimum Gasteiger partial charge on any atom is -0.456 e. The molecule has 0 fully saturated rings. The van der Waals surface area contributed by atoms with E-state index >= 15 is 0 Å². The Morgan fingerprint density at radius 2 is 0.569 bits per heavy atom. The van der Waals surface area contributed by atoms with Crippen LogP contribution in [0.25, 0.3) is 230 Å². The summed E-state index contributed by atoms with van der Waals surface area (Å²) < 4.78 is 32.5. The monoisotopic (exact) mass is 1340 g/mol. The number of furan rings is 4. The third-order valence-corrected chi connectivity index (χ3v) is 22.5. The third-order valence-electron chi connectivity index (χ3n) is 20.0. The van der Waals surface area contributed by atoms with Gasteiger partial charge in [-0.3, -0.25) is 0 Å². The first kappa shape index (κ1) is 56.7. The maximum Gasteiger partial charge on any atom is 0.167 e. The lowest BCUT2D eigenvalue weighted by atomic mass is 9.91. The van der Waals surface area contributed by atoms with E-state index in [4.69, 9.17) is 47.6 Å². The minimum atomic E-state index is 0.470. The van der Waals surface area contributed by atoms with Gasteiger partial charge in [0.15, 0.2) is 34.9 Å². The van der Waals surface area contributed by atoms with E-state index in [1.165, 1.54) is 45.9 Å². The Balaban J connectivity index is 0.697. The van der Waals surface area contributed by atoms with Crippen molar-refractivity contribution in [3.05, 3.63) is 291 Å². The van der Waals surface area contributed by atoms with Crippen molar-refractivity contribution in [2.45, 2.75) is 0 Å². The van der Waals surface area contributed by atoms with Crippen LogP contribution in [0.5, 0.6) is 0 Å². The SMILES string of the molecule is c1ccc(-c2nc(-c3ccc4c(c3)oc3ccccc34)nc(-c3cccc4c3oc3cc(-c5ccc6oc7c(-c8nc(-c9ccccc9)nc(-c9cccc%10c9oc9ccc(-c%11cccc%12c%11sc%11ccccc%11%12)cc9%10)n8)cccc7c6c5)c(-c5cccc6c5sc5ccccc56)cc34)n2)cc1. The fourth-order valence-electron chi connectivity index (χ4n) is 15.2. The number of benzene rings is 14. The summed E-state index contributed by atoms with van der Waals surface area (Å²) in [5.74, 6) is 3.03. The molecule has 12 heteroatoms. The lowest BCUT2D eigenvalue weighted by Gasteiger charge is -2.12. The lowest BCUT2D eigenvalue weighted by Crippen LogP contribution is -2.00. The summed E-state index contributed by atoms with van der Waals surface area (Å²) >= 11 is 3.65. The van der Waals surface area contributed by atoms with E-state index in [2.05, 4.69) is 188 Å². The van der Waals surface area contributed by atoms with Crippen LogP contribution in [0, 0.1) is 0 Å². The average Bonchev–Trinajstić information content (AvgIpc) is 1.56. The highest BCUT2D eigenvalue weighted by atomic mass is 32.1. The van der Waals surface area contributed by atoms with E-state index in [-0.39, 0.29) is 0 Å². The highest BCUT2D eigenvalue weighted by Gasteiger charge is 2.26. The van der Waals surface area contributed by atoms with E-state index < -0.39 is 0 Å². The second-order valence-corrected chi connectivity index (χ2v) is 28.0. The van der Waals surface area contributed by atoms with Crippen molar-refractivity contribution < 1.29 is 17.7 Å². The van der Waals surface area contributed by atoms with Crippen molar-refractivity contribution in [3.8, 4) is 102 Å². The van der Waals surface area contributed by atoms with Crippen LogP contribution in [-0.2, 0) is 0 Å². The van der Waals surface area contributed by atoms with Crippen LogP contribution in [0.15, 0.2) is 309 Å². The van der Waals surface area contributed by atoms with Gasteiger partial charge in [-0.25, -0.2) is 29.9 Å². The van der Waals surface area contributed by atoms with E-state index in [0.29, 0.717) is 51.7 Å². The third kappa shape index (κ3) is 8.83. The molecular weight excluding hydrogens is 1290 g/mol. The Bertz CT molecular complexity index is 7290. The zero-order valence-corrected chi connectivity index (χ0v) is 55.5. The second kappa shape index (κ2) is 22.1. The van der Waals surface area contributed by atoms with Crippen molar-refractivity contribution >= 4 is 151 Å². The van der Waals surface area contributed by atoms with Crippen LogP contribution in [0.2, 0.25) is 0 Å². The normalized spacial score (nSPS) is 12.1. The summed E-state index contributed by atoms with van der Waals surface area (Å²) in [4.78, 5) is 31.5. The molecule has 0 N–H and O–H groups in total. The fourth-order valence-corrected chi connectivity index (χ4v) is 17.7. The van der Waals surface area contributed by atoms with Crippen LogP contribution >= 0.6 is 22.7 Å². The van der Waals surface area contributed by atoms with E-state index in [1.54, 1.807) is 0 Å². The van der Waals surface area contributed by atoms with Gasteiger partial charge in [-0.2, -0.15) is 0 Å². The number of nitrogens with zero attached hydrogens (tertiary/aromatic N) is 6. The maximum absolute atomic E-state index is 7.23. The Kier molecular flexibility index (Phi) is 12.3. The van der Waals surface area contributed by atoms with Gasteiger partial charge in [0.05, 0.1) is 16.7 Å². The molecular formula is C90H48N6O4S2. The second-order valence-electron chi connectivity index (χ2n) is 25.9. The number of hydrogen-bond acceptors (Lipinski definition) is 12. The molecule has 0 aliphatic rings. The van der Waals surface area contributed by atoms with Crippen LogP contribution < -0.4 is 0 Å². The first-order chi connectivity index (χ1) is 50.5. The minimum absolute atomic E-state index is 0.470. The number of para-hydroxylation sites is 4. The summed E-state index contributed by atoms with van der Waals surface area (Å²) in [7, 11) is 0. The molecule has 22 aromatic rings.